The van der Waals surface area contributed by atoms with Crippen LogP contribution in [-0.2, 0) is 0 Å². The summed E-state index contributed by atoms with van der Waals surface area (Å²) < 4.78 is 15.6. The third-order valence-corrected chi connectivity index (χ3v) is 5.03. The Morgan fingerprint density at radius 3 is 2.90 bits per heavy atom. The van der Waals surface area contributed by atoms with Crippen molar-refractivity contribution in [1.29, 1.82) is 5.41 Å². The van der Waals surface area contributed by atoms with Gasteiger partial charge >= 0.3 is 11.7 Å². The highest BCUT2D eigenvalue weighted by Crippen LogP contribution is 2.31. The number of nitrogens with zero attached hydrogens (tertiary/aromatic N) is 2. The van der Waals surface area contributed by atoms with Crippen molar-refractivity contribution in [1.82, 2.24) is 15.5 Å². The number of amidine groups is 1. The molecular weight excluding hydrogens is 387 g/mol. The number of hydroxylamine groups is 1. The van der Waals surface area contributed by atoms with E-state index in [2.05, 4.69) is 10.6 Å². The molecule has 1 aromatic carbocycles. The van der Waals surface area contributed by atoms with Crippen LogP contribution in [0, 0.1) is 11.2 Å². The zero-order chi connectivity index (χ0) is 21.4. The fraction of sp³-hybridized carbons (Fsp3) is 0.0952. The predicted octanol–water partition coefficient (Wildman–Crippen LogP) is 1.75. The van der Waals surface area contributed by atoms with E-state index in [4.69, 9.17) is 11.1 Å². The number of nitrogens with two attached hydrogens (primary N) is 1. The molecule has 0 saturated heterocycles. The van der Waals surface area contributed by atoms with E-state index in [-0.39, 0.29) is 17.6 Å². The minimum absolute atomic E-state index is 0.132. The molecule has 9 heteroatoms. The molecule has 1 unspecified atom stereocenters. The smallest absolute Gasteiger partial charge is 0.342 e. The van der Waals surface area contributed by atoms with Crippen LogP contribution in [0.15, 0.2) is 71.9 Å². The maximum Gasteiger partial charge on any atom is 0.342 e. The molecule has 0 aromatic heterocycles. The molecule has 8 nitrogen and oxygen atoms in total. The molecule has 0 fully saturated rings. The van der Waals surface area contributed by atoms with E-state index in [0.717, 1.165) is 10.3 Å². The summed E-state index contributed by atoms with van der Waals surface area (Å²) in [6, 6.07) is 4.34. The molecule has 6 N–H and O–H groups in total. The Kier molecular flexibility index (Phi) is 4.71. The molecule has 3 aliphatic heterocycles. The van der Waals surface area contributed by atoms with Crippen LogP contribution >= 0.6 is 0 Å². The summed E-state index contributed by atoms with van der Waals surface area (Å²) in [7, 11) is 0. The molecule has 0 radical (unpaired) electrons. The lowest BCUT2D eigenvalue weighted by Crippen LogP contribution is -2.40. The minimum Gasteiger partial charge on any atom is -0.404 e. The number of amides is 1. The van der Waals surface area contributed by atoms with Gasteiger partial charge in [-0.3, -0.25) is 0 Å². The number of hydrogen-bond acceptors (Lipinski definition) is 6. The van der Waals surface area contributed by atoms with Gasteiger partial charge in [0.1, 0.15) is 12.0 Å². The van der Waals surface area contributed by atoms with E-state index >= 15 is 0 Å². The second-order valence-corrected chi connectivity index (χ2v) is 6.89. The lowest BCUT2D eigenvalue weighted by Gasteiger charge is -2.28. The molecule has 0 aliphatic carbocycles. The first kappa shape index (κ1) is 19.2. The number of benzene rings is 1. The molecule has 1 aromatic rings. The number of allylic oxidation sites excluding steroid dienone is 4. The Morgan fingerprint density at radius 2 is 2.27 bits per heavy atom. The summed E-state index contributed by atoms with van der Waals surface area (Å²) in [6.07, 6.45) is 11.3. The number of rotatable bonds is 4. The van der Waals surface area contributed by atoms with Gasteiger partial charge in [0, 0.05) is 48.4 Å². The highest BCUT2D eigenvalue weighted by atomic mass is 19.1. The summed E-state index contributed by atoms with van der Waals surface area (Å²) >= 11 is 0. The first-order valence-corrected chi connectivity index (χ1v) is 9.16. The molecule has 0 saturated carbocycles. The van der Waals surface area contributed by atoms with Crippen LogP contribution in [0.3, 0.4) is 0 Å². The fourth-order valence-corrected chi connectivity index (χ4v) is 3.36. The van der Waals surface area contributed by atoms with Gasteiger partial charge in [0.25, 0.3) is 0 Å². The standard InChI is InChI=1S/C21H19FN6O2/c1-12-6-20(28(12)30)26-21(29)16-4-2-13(7-17(16)22)18-10-25-19-5-3-14(11-27(18)19)15(8-23)9-24/h2-11,19,30H,1H3,(H4,23,24,25,29)/p+1. The summed E-state index contributed by atoms with van der Waals surface area (Å²) in [4.78, 5) is 14.2. The van der Waals surface area contributed by atoms with Crippen LogP contribution < -0.4 is 16.4 Å². The Balaban J connectivity index is 1.57. The number of nitrogens with one attached hydrogen (secondary N) is 3. The highest BCUT2D eigenvalue weighted by molar-refractivity contribution is 6.09. The Labute approximate surface area is 172 Å². The normalized spacial score (nSPS) is 19.9. The zero-order valence-corrected chi connectivity index (χ0v) is 16.1. The lowest BCUT2D eigenvalue weighted by molar-refractivity contribution is -0.746. The van der Waals surface area contributed by atoms with Gasteiger partial charge in [0.05, 0.1) is 17.3 Å². The van der Waals surface area contributed by atoms with E-state index < -0.39 is 11.7 Å². The Bertz CT molecular complexity index is 1140. The molecule has 0 bridgehead atoms. The topological polar surface area (TPSA) is 117 Å². The second-order valence-electron chi connectivity index (χ2n) is 6.89. The van der Waals surface area contributed by atoms with Gasteiger partial charge < -0.3 is 26.6 Å². The van der Waals surface area contributed by atoms with E-state index in [0.29, 0.717) is 22.5 Å². The van der Waals surface area contributed by atoms with Gasteiger partial charge in [0.2, 0.25) is 0 Å². The zero-order valence-electron chi connectivity index (χ0n) is 16.1. The van der Waals surface area contributed by atoms with E-state index in [9.17, 15) is 14.4 Å². The number of fused-ring (bicyclic) bond motifs is 1. The maximum atomic E-state index is 14.7. The number of hydrogen-bond donors (Lipinski definition) is 5. The van der Waals surface area contributed by atoms with Crippen molar-refractivity contribution in [3.8, 4) is 0 Å². The summed E-state index contributed by atoms with van der Waals surface area (Å²) in [5.41, 5.74) is 8.63. The van der Waals surface area contributed by atoms with E-state index in [1.165, 1.54) is 24.5 Å². The average Bonchev–Trinajstić information content (AvgIpc) is 3.17. The molecule has 1 atom stereocenters. The fourth-order valence-electron chi connectivity index (χ4n) is 3.36. The third kappa shape index (κ3) is 3.16. The summed E-state index contributed by atoms with van der Waals surface area (Å²) in [5, 5.41) is 22.7. The molecule has 1 amide bonds. The van der Waals surface area contributed by atoms with Crippen molar-refractivity contribution >= 4 is 23.7 Å². The molecule has 3 aliphatic rings. The number of carbonyl (C=O) groups is 1. The van der Waals surface area contributed by atoms with Crippen LogP contribution in [0.1, 0.15) is 22.8 Å². The molecular formula is C21H20FN6O2+. The largest absolute Gasteiger partial charge is 0.404 e. The highest BCUT2D eigenvalue weighted by Gasteiger charge is 2.30. The van der Waals surface area contributed by atoms with Gasteiger partial charge in [-0.05, 0) is 22.9 Å². The molecule has 4 rings (SSSR count). The lowest BCUT2D eigenvalue weighted by atomic mass is 10.0. The average molecular weight is 407 g/mol. The van der Waals surface area contributed by atoms with Gasteiger partial charge in [-0.2, -0.15) is 0 Å². The first-order valence-electron chi connectivity index (χ1n) is 9.16. The monoisotopic (exact) mass is 407 g/mol. The van der Waals surface area contributed by atoms with Crippen molar-refractivity contribution < 1.29 is 19.1 Å². The van der Waals surface area contributed by atoms with Crippen LogP contribution in [0.2, 0.25) is 0 Å². The predicted molar refractivity (Wildman–Crippen MR) is 110 cm³/mol. The molecule has 3 heterocycles. The minimum atomic E-state index is -0.682. The third-order valence-electron chi connectivity index (χ3n) is 5.03. The second kappa shape index (κ2) is 7.36. The number of halogens is 1. The maximum absolute atomic E-state index is 14.7. The molecule has 152 valence electrons. The van der Waals surface area contributed by atoms with Crippen molar-refractivity contribution in [2.45, 2.75) is 13.1 Å². The van der Waals surface area contributed by atoms with Gasteiger partial charge in [0.15, 0.2) is 5.70 Å². The van der Waals surface area contributed by atoms with Crippen molar-refractivity contribution in [2.75, 3.05) is 0 Å². The quantitative estimate of drug-likeness (QED) is 0.296. The van der Waals surface area contributed by atoms with Crippen LogP contribution in [0.4, 0.5) is 4.39 Å². The van der Waals surface area contributed by atoms with E-state index in [1.807, 2.05) is 23.3 Å². The van der Waals surface area contributed by atoms with Gasteiger partial charge in [-0.25, -0.2) is 14.5 Å². The van der Waals surface area contributed by atoms with Crippen LogP contribution in [-0.4, -0.2) is 39.0 Å². The van der Waals surface area contributed by atoms with Crippen molar-refractivity contribution in [3.05, 3.63) is 88.8 Å². The Morgan fingerprint density at radius 1 is 1.47 bits per heavy atom. The van der Waals surface area contributed by atoms with Crippen molar-refractivity contribution in [3.63, 3.8) is 0 Å². The Hall–Kier alpha value is -4.14. The SMILES string of the molecule is CC1=CC(NC(=O)c2ccc(C3=CNC4C=CC(C(C=N)=CN)=CN34)cc2F)=[N+]1O. The van der Waals surface area contributed by atoms with Crippen molar-refractivity contribution in [2.24, 2.45) is 5.73 Å². The summed E-state index contributed by atoms with van der Waals surface area (Å²) in [6.45, 7) is 1.67. The molecule has 0 spiro atoms. The summed E-state index contributed by atoms with van der Waals surface area (Å²) in [5.74, 6) is -1.14. The first-order chi connectivity index (χ1) is 14.4. The van der Waals surface area contributed by atoms with Crippen LogP contribution in [0.5, 0.6) is 0 Å². The van der Waals surface area contributed by atoms with Gasteiger partial charge in [-0.15, -0.1) is 0 Å². The van der Waals surface area contributed by atoms with Gasteiger partial charge in [-0.1, -0.05) is 12.1 Å². The molecule has 30 heavy (non-hydrogen) atoms. The van der Waals surface area contributed by atoms with E-state index in [1.54, 1.807) is 25.3 Å². The van der Waals surface area contributed by atoms with Crippen LogP contribution in [0.25, 0.3) is 5.70 Å². The number of carbonyl (C=O) groups excluding carboxylic acids is 1.